The zero-order chi connectivity index (χ0) is 44.2. The first kappa shape index (κ1) is 42.5. The van der Waals surface area contributed by atoms with Crippen LogP contribution in [0.1, 0.15) is 68.2 Å². The number of nitrogens with one attached hydrogen (secondary N) is 4. The van der Waals surface area contributed by atoms with Gasteiger partial charge in [-0.1, -0.05) is 92.7 Å². The molecule has 0 aliphatic carbocycles. The van der Waals surface area contributed by atoms with Crippen LogP contribution < -0.4 is 16.0 Å². The summed E-state index contributed by atoms with van der Waals surface area (Å²) >= 11 is 0. The van der Waals surface area contributed by atoms with Gasteiger partial charge in [0.25, 0.3) is 5.91 Å². The molecule has 0 bridgehead atoms. The first-order valence-corrected chi connectivity index (χ1v) is 21.3. The van der Waals surface area contributed by atoms with Gasteiger partial charge in [0.05, 0.1) is 62.8 Å². The maximum atomic E-state index is 13.9. The van der Waals surface area contributed by atoms with Crippen molar-refractivity contribution in [1.82, 2.24) is 35.7 Å². The van der Waals surface area contributed by atoms with Gasteiger partial charge in [-0.15, -0.1) is 0 Å². The lowest BCUT2D eigenvalue weighted by Gasteiger charge is -2.31. The lowest BCUT2D eigenvalue weighted by atomic mass is 9.97. The van der Waals surface area contributed by atoms with Crippen LogP contribution in [0, 0.1) is 23.2 Å². The molecule has 324 valence electrons. The summed E-state index contributed by atoms with van der Waals surface area (Å²) in [6.45, 7) is 5.03. The fraction of sp³-hybridized carbons (Fsp3) is 0.354. The lowest BCUT2D eigenvalue weighted by Crippen LogP contribution is -2.55. The molecule has 1 unspecified atom stereocenters. The second-order valence-electron chi connectivity index (χ2n) is 16.6. The Morgan fingerprint density at radius 1 is 0.825 bits per heavy atom. The number of aromatic nitrogens is 2. The molecule has 2 saturated heterocycles. The molecule has 3 aliphatic rings. The molecule has 15 heteroatoms. The zero-order valence-corrected chi connectivity index (χ0v) is 35.7. The van der Waals surface area contributed by atoms with E-state index < -0.39 is 30.3 Å². The molecule has 1 aromatic heterocycles. The number of fused-ring (bicyclic) bond motifs is 1. The van der Waals surface area contributed by atoms with Crippen LogP contribution in [-0.2, 0) is 19.1 Å². The van der Waals surface area contributed by atoms with Gasteiger partial charge in [0.15, 0.2) is 0 Å². The van der Waals surface area contributed by atoms with Crippen molar-refractivity contribution in [3.05, 3.63) is 114 Å². The highest BCUT2D eigenvalue weighted by Gasteiger charge is 2.43. The Balaban J connectivity index is 0.925. The van der Waals surface area contributed by atoms with Crippen molar-refractivity contribution in [3.63, 3.8) is 0 Å². The predicted molar refractivity (Wildman–Crippen MR) is 237 cm³/mol. The molecular formula is C48H51N9O6. The number of imidazole rings is 1. The number of amides is 4. The van der Waals surface area contributed by atoms with Gasteiger partial charge in [-0.25, -0.2) is 14.6 Å². The number of ether oxygens (including phenoxy) is 2. The van der Waals surface area contributed by atoms with Crippen LogP contribution in [0.5, 0.6) is 0 Å². The molecule has 15 nitrogen and oxygen atoms in total. The fourth-order valence-electron chi connectivity index (χ4n) is 8.91. The summed E-state index contributed by atoms with van der Waals surface area (Å²) in [5.74, 6) is 0.364. The largest absolute Gasteiger partial charge is 0.453 e. The average Bonchev–Trinajstić information content (AvgIpc) is 4.16. The number of alkyl carbamates (subject to hydrolysis) is 2. The number of likely N-dealkylation sites (tertiary alicyclic amines) is 2. The van der Waals surface area contributed by atoms with E-state index in [4.69, 9.17) is 19.5 Å². The van der Waals surface area contributed by atoms with Gasteiger partial charge in [0, 0.05) is 13.1 Å². The van der Waals surface area contributed by atoms with Crippen LogP contribution in [0.3, 0.4) is 0 Å². The Morgan fingerprint density at radius 2 is 1.52 bits per heavy atom. The summed E-state index contributed by atoms with van der Waals surface area (Å²) in [6.07, 6.45) is 2.47. The maximum Gasteiger partial charge on any atom is 0.407 e. The monoisotopic (exact) mass is 849 g/mol. The van der Waals surface area contributed by atoms with Crippen LogP contribution in [0.15, 0.2) is 102 Å². The number of carbonyl (C=O) groups is 4. The SMILES string of the molecule is COC(=O)N[C@H](C(=O)N1C[C@H](C#N)C[C@H]1C1=NCC(c2ccc3cc(-c4ccc(-c5cnc([C@@H]6CCCN6C(=O)[C@H](NC(=O)OC)c6ccccc6)[nH]5)cc4)ccc3c2)N1)C(C)C. The number of hydrogen-bond acceptors (Lipinski definition) is 10. The van der Waals surface area contributed by atoms with Crippen molar-refractivity contribution in [3.8, 4) is 28.5 Å². The molecular weight excluding hydrogens is 799 g/mol. The van der Waals surface area contributed by atoms with E-state index in [1.165, 1.54) is 14.2 Å². The second-order valence-corrected chi connectivity index (χ2v) is 16.6. The molecule has 0 radical (unpaired) electrons. The van der Waals surface area contributed by atoms with E-state index in [1.54, 1.807) is 16.0 Å². The number of nitrogens with zero attached hydrogens (tertiary/aromatic N) is 5. The first-order chi connectivity index (χ1) is 30.5. The van der Waals surface area contributed by atoms with Gasteiger partial charge < -0.3 is 40.2 Å². The van der Waals surface area contributed by atoms with Gasteiger partial charge in [-0.2, -0.15) is 5.26 Å². The standard InChI is InChI=1S/C48H51N9O6/c1-28(2)41(54-47(60)62-3)45(58)57-27-29(24-49)21-40(57)44-51-26-38(53-44)36-19-18-34-22-33(16-17-35(34)23-36)30-12-14-31(15-13-30)37-25-50-43(52-37)39-11-8-20-56(39)46(59)42(55-48(61)63-4)32-9-6-5-7-10-32/h5-7,9-10,12-19,22-23,25,28-29,38-42H,8,11,20-21,26-27H2,1-4H3,(H,50,52)(H,51,53)(H,54,60)(H,55,61)/t29-,38?,39-,40-,41-,42+/m0/s1. The van der Waals surface area contributed by atoms with Crippen molar-refractivity contribution in [1.29, 1.82) is 5.26 Å². The van der Waals surface area contributed by atoms with Gasteiger partial charge in [0.2, 0.25) is 5.91 Å². The van der Waals surface area contributed by atoms with Crippen molar-refractivity contribution >= 4 is 40.6 Å². The van der Waals surface area contributed by atoms with Crippen LogP contribution in [0.4, 0.5) is 9.59 Å². The van der Waals surface area contributed by atoms with E-state index in [2.05, 4.69) is 87.7 Å². The Morgan fingerprint density at radius 3 is 2.25 bits per heavy atom. The summed E-state index contributed by atoms with van der Waals surface area (Å²) in [4.78, 5) is 68.5. The number of aromatic amines is 1. The molecule has 4 heterocycles. The second kappa shape index (κ2) is 18.4. The van der Waals surface area contributed by atoms with Crippen molar-refractivity contribution in [2.24, 2.45) is 16.8 Å². The summed E-state index contributed by atoms with van der Waals surface area (Å²) in [6, 6.07) is 30.1. The van der Waals surface area contributed by atoms with E-state index in [9.17, 15) is 24.4 Å². The molecule has 6 atom stereocenters. The third-order valence-electron chi connectivity index (χ3n) is 12.3. The summed E-state index contributed by atoms with van der Waals surface area (Å²) in [5.41, 5.74) is 5.68. The number of carbonyl (C=O) groups excluding carboxylic acids is 4. The van der Waals surface area contributed by atoms with Crippen LogP contribution in [-0.4, -0.2) is 95.5 Å². The van der Waals surface area contributed by atoms with E-state index in [1.807, 2.05) is 44.2 Å². The Bertz CT molecular complexity index is 2570. The van der Waals surface area contributed by atoms with Crippen LogP contribution in [0.25, 0.3) is 33.2 Å². The van der Waals surface area contributed by atoms with Crippen molar-refractivity contribution in [2.45, 2.75) is 63.3 Å². The average molecular weight is 850 g/mol. The molecule has 2 fully saturated rings. The highest BCUT2D eigenvalue weighted by atomic mass is 16.5. The van der Waals surface area contributed by atoms with E-state index in [-0.39, 0.29) is 42.3 Å². The van der Waals surface area contributed by atoms with Gasteiger partial charge >= 0.3 is 12.2 Å². The zero-order valence-electron chi connectivity index (χ0n) is 35.7. The molecule has 4 aromatic carbocycles. The highest BCUT2D eigenvalue weighted by molar-refractivity contribution is 5.96. The third-order valence-corrected chi connectivity index (χ3v) is 12.3. The Labute approximate surface area is 365 Å². The lowest BCUT2D eigenvalue weighted by molar-refractivity contribution is -0.135. The molecule has 0 spiro atoms. The van der Waals surface area contributed by atoms with Crippen molar-refractivity contribution in [2.75, 3.05) is 33.9 Å². The normalized spacial score (nSPS) is 20.4. The minimum atomic E-state index is -0.887. The van der Waals surface area contributed by atoms with E-state index >= 15 is 0 Å². The summed E-state index contributed by atoms with van der Waals surface area (Å²) in [5, 5.41) is 20.9. The molecule has 5 aromatic rings. The number of nitriles is 1. The topological polar surface area (TPSA) is 194 Å². The molecule has 3 aliphatic heterocycles. The Kier molecular flexibility index (Phi) is 12.4. The predicted octanol–water partition coefficient (Wildman–Crippen LogP) is 6.82. The summed E-state index contributed by atoms with van der Waals surface area (Å²) in [7, 11) is 2.54. The molecule has 63 heavy (non-hydrogen) atoms. The number of methoxy groups -OCH3 is 2. The number of rotatable bonds is 11. The number of aliphatic imine (C=N–C) groups is 1. The highest BCUT2D eigenvalue weighted by Crippen LogP contribution is 2.35. The number of H-pyrrole nitrogens is 1. The fourth-order valence-corrected chi connectivity index (χ4v) is 8.91. The van der Waals surface area contributed by atoms with Crippen LogP contribution >= 0.6 is 0 Å². The van der Waals surface area contributed by atoms with Gasteiger partial charge in [-0.3, -0.25) is 14.6 Å². The van der Waals surface area contributed by atoms with Crippen LogP contribution in [0.2, 0.25) is 0 Å². The summed E-state index contributed by atoms with van der Waals surface area (Å²) < 4.78 is 9.60. The molecule has 4 N–H and O–H groups in total. The third kappa shape index (κ3) is 8.93. The number of hydrogen-bond donors (Lipinski definition) is 4. The smallest absolute Gasteiger partial charge is 0.407 e. The van der Waals surface area contributed by atoms with E-state index in [0.29, 0.717) is 36.7 Å². The molecule has 4 amide bonds. The Hall–Kier alpha value is -7.21. The first-order valence-electron chi connectivity index (χ1n) is 21.3. The molecule has 8 rings (SSSR count). The minimum Gasteiger partial charge on any atom is -0.453 e. The van der Waals surface area contributed by atoms with Crippen molar-refractivity contribution < 1.29 is 28.7 Å². The maximum absolute atomic E-state index is 13.9. The molecule has 0 saturated carbocycles. The van der Waals surface area contributed by atoms with Gasteiger partial charge in [0.1, 0.15) is 23.7 Å². The number of benzene rings is 4. The number of amidine groups is 1. The quantitative estimate of drug-likeness (QED) is 0.110. The minimum absolute atomic E-state index is 0.0983. The van der Waals surface area contributed by atoms with E-state index in [0.717, 1.165) is 51.6 Å². The van der Waals surface area contributed by atoms with Gasteiger partial charge in [-0.05, 0) is 75.9 Å².